The lowest BCUT2D eigenvalue weighted by molar-refractivity contribution is 0.0698. The number of halogens is 1. The first-order chi connectivity index (χ1) is 7.29. The van der Waals surface area contributed by atoms with Crippen molar-refractivity contribution >= 4 is 23.3 Å². The average molecular weight is 242 g/mol. The van der Waals surface area contributed by atoms with E-state index < -0.39 is 5.97 Å². The summed E-state index contributed by atoms with van der Waals surface area (Å²) >= 11 is 5.76. The van der Waals surface area contributed by atoms with Crippen molar-refractivity contribution in [3.05, 3.63) is 28.8 Å². The maximum absolute atomic E-state index is 11.0. The molecule has 1 aromatic carbocycles. The summed E-state index contributed by atoms with van der Waals surface area (Å²) in [5, 5.41) is 12.6. The summed E-state index contributed by atoms with van der Waals surface area (Å²) in [6.07, 6.45) is 0. The van der Waals surface area contributed by atoms with Gasteiger partial charge in [0, 0.05) is 17.3 Å². The smallest absolute Gasteiger partial charge is 0.337 e. The number of rotatable bonds is 3. The first kappa shape index (κ1) is 12.8. The van der Waals surface area contributed by atoms with Gasteiger partial charge in [-0.25, -0.2) is 4.79 Å². The molecule has 2 N–H and O–H groups in total. The number of anilines is 1. The molecule has 0 fully saturated rings. The fourth-order valence-electron chi connectivity index (χ4n) is 1.21. The van der Waals surface area contributed by atoms with Gasteiger partial charge in [-0.15, -0.1) is 0 Å². The van der Waals surface area contributed by atoms with Gasteiger partial charge in [0.25, 0.3) is 0 Å². The van der Waals surface area contributed by atoms with Crippen LogP contribution in [0.5, 0.6) is 0 Å². The molecule has 16 heavy (non-hydrogen) atoms. The van der Waals surface area contributed by atoms with Crippen LogP contribution in [0.15, 0.2) is 18.2 Å². The van der Waals surface area contributed by atoms with Gasteiger partial charge in [-0.3, -0.25) is 0 Å². The third kappa shape index (κ3) is 3.74. The molecule has 0 spiro atoms. The Morgan fingerprint density at radius 2 is 2.06 bits per heavy atom. The van der Waals surface area contributed by atoms with Gasteiger partial charge >= 0.3 is 5.97 Å². The van der Waals surface area contributed by atoms with Crippen molar-refractivity contribution in [3.8, 4) is 0 Å². The van der Waals surface area contributed by atoms with Crippen LogP contribution in [-0.2, 0) is 0 Å². The van der Waals surface area contributed by atoms with Crippen molar-refractivity contribution in [3.63, 3.8) is 0 Å². The second-order valence-electron chi connectivity index (χ2n) is 4.91. The second-order valence-corrected chi connectivity index (χ2v) is 5.35. The molecule has 0 atom stereocenters. The van der Waals surface area contributed by atoms with Gasteiger partial charge in [0.05, 0.1) is 5.56 Å². The van der Waals surface area contributed by atoms with E-state index in [9.17, 15) is 4.79 Å². The monoisotopic (exact) mass is 241 g/mol. The van der Waals surface area contributed by atoms with E-state index in [4.69, 9.17) is 16.7 Å². The summed E-state index contributed by atoms with van der Waals surface area (Å²) in [5.74, 6) is -0.973. The lowest BCUT2D eigenvalue weighted by Crippen LogP contribution is -2.20. The van der Waals surface area contributed by atoms with Gasteiger partial charge in [-0.1, -0.05) is 32.4 Å². The number of carboxylic acids is 1. The number of aromatic carboxylic acids is 1. The number of carboxylic acid groups (broad SMARTS) is 1. The van der Waals surface area contributed by atoms with Crippen LogP contribution >= 0.6 is 11.6 Å². The van der Waals surface area contributed by atoms with E-state index in [2.05, 4.69) is 26.1 Å². The minimum Gasteiger partial charge on any atom is -0.478 e. The lowest BCUT2D eigenvalue weighted by Gasteiger charge is -2.20. The van der Waals surface area contributed by atoms with Crippen LogP contribution in [0.3, 0.4) is 0 Å². The zero-order valence-corrected chi connectivity index (χ0v) is 10.4. The van der Waals surface area contributed by atoms with Crippen molar-refractivity contribution in [1.29, 1.82) is 0 Å². The minimum absolute atomic E-state index is 0.0927. The van der Waals surface area contributed by atoms with E-state index in [1.165, 1.54) is 6.07 Å². The van der Waals surface area contributed by atoms with E-state index in [-0.39, 0.29) is 11.0 Å². The summed E-state index contributed by atoms with van der Waals surface area (Å²) in [5.41, 5.74) is 0.902. The molecule has 0 aliphatic heterocycles. The summed E-state index contributed by atoms with van der Waals surface area (Å²) in [6, 6.07) is 4.82. The predicted octanol–water partition coefficient (Wildman–Crippen LogP) is 3.50. The predicted molar refractivity (Wildman–Crippen MR) is 66.4 cm³/mol. The number of carbonyl (C=O) groups is 1. The number of hydrogen-bond acceptors (Lipinski definition) is 2. The molecule has 0 radical (unpaired) electrons. The quantitative estimate of drug-likeness (QED) is 0.852. The van der Waals surface area contributed by atoms with E-state index in [1.54, 1.807) is 12.1 Å². The molecule has 0 aromatic heterocycles. The fraction of sp³-hybridized carbons (Fsp3) is 0.417. The summed E-state index contributed by atoms with van der Waals surface area (Å²) in [6.45, 7) is 6.94. The number of nitrogens with one attached hydrogen (secondary N) is 1. The van der Waals surface area contributed by atoms with Crippen LogP contribution in [0.2, 0.25) is 5.02 Å². The van der Waals surface area contributed by atoms with Crippen LogP contribution in [-0.4, -0.2) is 17.6 Å². The van der Waals surface area contributed by atoms with E-state index in [1.807, 2.05) is 0 Å². The minimum atomic E-state index is -0.973. The van der Waals surface area contributed by atoms with E-state index in [0.717, 1.165) is 0 Å². The highest BCUT2D eigenvalue weighted by atomic mass is 35.5. The lowest BCUT2D eigenvalue weighted by atomic mass is 9.96. The topological polar surface area (TPSA) is 49.3 Å². The van der Waals surface area contributed by atoms with Gasteiger partial charge in [0.1, 0.15) is 0 Å². The molecule has 0 bridgehead atoms. The Hall–Kier alpha value is -1.22. The molecule has 0 heterocycles. The molecule has 4 heteroatoms. The number of hydrogen-bond donors (Lipinski definition) is 2. The van der Waals surface area contributed by atoms with Crippen LogP contribution in [0.4, 0.5) is 5.69 Å². The highest BCUT2D eigenvalue weighted by molar-refractivity contribution is 6.31. The van der Waals surface area contributed by atoms with Crippen molar-refractivity contribution in [1.82, 2.24) is 0 Å². The molecular formula is C12H16ClNO2. The molecule has 0 aliphatic carbocycles. The maximum atomic E-state index is 11.0. The molecule has 0 saturated carbocycles. The van der Waals surface area contributed by atoms with Gasteiger partial charge in [0.15, 0.2) is 0 Å². The highest BCUT2D eigenvalue weighted by Gasteiger charge is 2.14. The Labute approximate surface area is 100 Å². The number of benzene rings is 1. The molecule has 1 rings (SSSR count). The van der Waals surface area contributed by atoms with Crippen LogP contribution in [0.25, 0.3) is 0 Å². The standard InChI is InChI=1S/C12H16ClNO2/c1-12(2,3)7-14-10-5-4-8(13)6-9(10)11(15)16/h4-6,14H,7H2,1-3H3,(H,15,16). The van der Waals surface area contributed by atoms with Crippen molar-refractivity contribution < 1.29 is 9.90 Å². The molecule has 0 unspecified atom stereocenters. The van der Waals surface area contributed by atoms with Crippen molar-refractivity contribution in [2.75, 3.05) is 11.9 Å². The van der Waals surface area contributed by atoms with E-state index in [0.29, 0.717) is 17.3 Å². The van der Waals surface area contributed by atoms with Gasteiger partial charge in [-0.2, -0.15) is 0 Å². The Kier molecular flexibility index (Phi) is 3.81. The van der Waals surface area contributed by atoms with Crippen LogP contribution < -0.4 is 5.32 Å². The maximum Gasteiger partial charge on any atom is 0.337 e. The SMILES string of the molecule is CC(C)(C)CNc1ccc(Cl)cc1C(=O)O. The van der Waals surface area contributed by atoms with Crippen molar-refractivity contribution in [2.24, 2.45) is 5.41 Å². The molecule has 3 nitrogen and oxygen atoms in total. The fourth-order valence-corrected chi connectivity index (χ4v) is 1.38. The second kappa shape index (κ2) is 4.74. The average Bonchev–Trinajstić information content (AvgIpc) is 2.14. The summed E-state index contributed by atoms with van der Waals surface area (Å²) < 4.78 is 0. The summed E-state index contributed by atoms with van der Waals surface area (Å²) in [4.78, 5) is 11.0. The molecule has 1 aromatic rings. The van der Waals surface area contributed by atoms with Gasteiger partial charge < -0.3 is 10.4 Å². The zero-order chi connectivity index (χ0) is 12.3. The van der Waals surface area contributed by atoms with Gasteiger partial charge in [-0.05, 0) is 23.6 Å². The molecule has 88 valence electrons. The normalized spacial score (nSPS) is 11.2. The highest BCUT2D eigenvalue weighted by Crippen LogP contribution is 2.22. The van der Waals surface area contributed by atoms with Gasteiger partial charge in [0.2, 0.25) is 0 Å². The zero-order valence-electron chi connectivity index (χ0n) is 9.67. The summed E-state index contributed by atoms with van der Waals surface area (Å²) in [7, 11) is 0. The molecular weight excluding hydrogens is 226 g/mol. The Morgan fingerprint density at radius 3 is 2.56 bits per heavy atom. The van der Waals surface area contributed by atoms with Crippen LogP contribution in [0.1, 0.15) is 31.1 Å². The van der Waals surface area contributed by atoms with Crippen LogP contribution in [0, 0.1) is 5.41 Å². The Morgan fingerprint density at radius 1 is 1.44 bits per heavy atom. The first-order valence-corrected chi connectivity index (χ1v) is 5.44. The third-order valence-corrected chi connectivity index (χ3v) is 2.26. The molecule has 0 amide bonds. The molecule has 0 saturated heterocycles. The largest absolute Gasteiger partial charge is 0.478 e. The van der Waals surface area contributed by atoms with E-state index >= 15 is 0 Å². The van der Waals surface area contributed by atoms with Crippen molar-refractivity contribution in [2.45, 2.75) is 20.8 Å². The molecule has 0 aliphatic rings. The third-order valence-electron chi connectivity index (χ3n) is 2.02. The Balaban J connectivity index is 2.91. The Bertz CT molecular complexity index is 396. The first-order valence-electron chi connectivity index (χ1n) is 5.06.